The minimum absolute atomic E-state index is 0.125. The highest BCUT2D eigenvalue weighted by molar-refractivity contribution is 7.99. The second-order valence-electron chi connectivity index (χ2n) is 12.0. The molecule has 1 unspecified atom stereocenters. The van der Waals surface area contributed by atoms with Gasteiger partial charge in [-0.25, -0.2) is 0 Å². The van der Waals surface area contributed by atoms with E-state index in [1.54, 1.807) is 12.1 Å². The lowest BCUT2D eigenvalue weighted by molar-refractivity contribution is 0.0974. The fourth-order valence-corrected chi connectivity index (χ4v) is 7.43. The predicted molar refractivity (Wildman–Crippen MR) is 189 cm³/mol. The average molecular weight is 651 g/mol. The topological polar surface area (TPSA) is 52.6 Å². The smallest absolute Gasteiger partial charge is 0.195 e. The van der Waals surface area contributed by atoms with Crippen molar-refractivity contribution in [3.63, 3.8) is 0 Å². The average Bonchev–Trinajstić information content (AvgIpc) is 3.05. The van der Waals surface area contributed by atoms with Gasteiger partial charge in [0.15, 0.2) is 11.6 Å². The van der Waals surface area contributed by atoms with Crippen LogP contribution < -0.4 is 9.47 Å². The highest BCUT2D eigenvalue weighted by Crippen LogP contribution is 2.41. The lowest BCUT2D eigenvalue weighted by Gasteiger charge is -2.22. The molecule has 1 aliphatic rings. The zero-order valence-corrected chi connectivity index (χ0v) is 28.8. The summed E-state index contributed by atoms with van der Waals surface area (Å²) in [5.41, 5.74) is 1.82. The van der Waals surface area contributed by atoms with Gasteiger partial charge >= 0.3 is 0 Å². The largest absolute Gasteiger partial charge is 0.494 e. The lowest BCUT2D eigenvalue weighted by atomic mass is 9.84. The number of unbranched alkanes of at least 4 members (excludes halogenated alkanes) is 1. The van der Waals surface area contributed by atoms with Crippen LogP contribution in [-0.2, 0) is 0 Å². The van der Waals surface area contributed by atoms with Gasteiger partial charge in [0, 0.05) is 47.8 Å². The second kappa shape index (κ2) is 15.7. The van der Waals surface area contributed by atoms with Crippen molar-refractivity contribution in [2.75, 3.05) is 6.61 Å². The van der Waals surface area contributed by atoms with Crippen molar-refractivity contribution in [1.82, 2.24) is 0 Å². The Morgan fingerprint density at radius 1 is 0.717 bits per heavy atom. The molecule has 0 radical (unpaired) electrons. The molecule has 0 bridgehead atoms. The van der Waals surface area contributed by atoms with E-state index in [2.05, 4.69) is 34.3 Å². The van der Waals surface area contributed by atoms with E-state index in [-0.39, 0.29) is 11.6 Å². The van der Waals surface area contributed by atoms with E-state index in [0.29, 0.717) is 40.7 Å². The highest BCUT2D eigenvalue weighted by Gasteiger charge is 2.33. The Morgan fingerprint density at radius 3 is 1.72 bits per heavy atom. The van der Waals surface area contributed by atoms with Gasteiger partial charge in [0.25, 0.3) is 0 Å². The van der Waals surface area contributed by atoms with Gasteiger partial charge in [0.05, 0.1) is 12.4 Å². The second-order valence-corrected chi connectivity index (χ2v) is 14.2. The number of allylic oxidation sites excluding steroid dienone is 1. The van der Waals surface area contributed by atoms with Gasteiger partial charge in [-0.2, -0.15) is 0 Å². The van der Waals surface area contributed by atoms with Crippen molar-refractivity contribution in [3.8, 4) is 11.5 Å². The summed E-state index contributed by atoms with van der Waals surface area (Å²) < 4.78 is 12.0. The van der Waals surface area contributed by atoms with Crippen LogP contribution in [-0.4, -0.2) is 18.2 Å². The van der Waals surface area contributed by atoms with E-state index in [1.165, 1.54) is 23.5 Å². The summed E-state index contributed by atoms with van der Waals surface area (Å²) >= 11 is 2.97. The summed E-state index contributed by atoms with van der Waals surface area (Å²) in [5.74, 6) is 3.05. The van der Waals surface area contributed by atoms with Crippen molar-refractivity contribution in [1.29, 1.82) is 0 Å². The van der Waals surface area contributed by atoms with Crippen LogP contribution in [0.25, 0.3) is 0 Å². The standard InChI is InChI=1S/C40H42O4S2/c1-6-8-11-28(7-2)27(5)44-30-18-22-32(23-19-30)46-36-15-10-13-34-38(36)40(42)33-12-9-14-35(37(33)39(34)41)45-31-20-16-29(17-21-31)43-25-24-26(3)4/h9-10,12-23,26,28H,5-8,11,24-25H2,1-4H3. The van der Waals surface area contributed by atoms with E-state index < -0.39 is 0 Å². The minimum atomic E-state index is -0.127. The molecule has 0 saturated carbocycles. The van der Waals surface area contributed by atoms with E-state index in [9.17, 15) is 9.59 Å². The zero-order chi connectivity index (χ0) is 32.6. The Balaban J connectivity index is 1.32. The first kappa shape index (κ1) is 33.6. The molecule has 0 N–H and O–H groups in total. The molecule has 0 amide bonds. The molecule has 0 fully saturated rings. The molecule has 4 aromatic carbocycles. The number of ketones is 2. The molecular formula is C40H42O4S2. The van der Waals surface area contributed by atoms with E-state index in [4.69, 9.17) is 9.47 Å². The van der Waals surface area contributed by atoms with Crippen molar-refractivity contribution >= 4 is 35.1 Å². The first-order chi connectivity index (χ1) is 22.3. The molecule has 0 aromatic heterocycles. The Morgan fingerprint density at radius 2 is 1.24 bits per heavy atom. The van der Waals surface area contributed by atoms with Gasteiger partial charge in [-0.1, -0.05) is 94.9 Å². The van der Waals surface area contributed by atoms with Crippen molar-refractivity contribution < 1.29 is 19.1 Å². The Labute approximate surface area is 282 Å². The summed E-state index contributed by atoms with van der Waals surface area (Å²) in [6.07, 6.45) is 5.40. The molecule has 0 saturated heterocycles. The third-order valence-electron chi connectivity index (χ3n) is 8.17. The number of carbonyl (C=O) groups excluding carboxylic acids is 2. The van der Waals surface area contributed by atoms with Crippen LogP contribution in [0.2, 0.25) is 0 Å². The Bertz CT molecular complexity index is 1690. The molecule has 4 nitrogen and oxygen atoms in total. The van der Waals surface area contributed by atoms with Crippen LogP contribution in [0.5, 0.6) is 11.5 Å². The summed E-state index contributed by atoms with van der Waals surface area (Å²) in [6.45, 7) is 13.6. The first-order valence-corrected chi connectivity index (χ1v) is 17.8. The van der Waals surface area contributed by atoms with Crippen molar-refractivity contribution in [2.24, 2.45) is 11.8 Å². The number of fused-ring (bicyclic) bond motifs is 2. The molecule has 46 heavy (non-hydrogen) atoms. The molecule has 5 rings (SSSR count). The van der Waals surface area contributed by atoms with Crippen molar-refractivity contribution in [2.45, 2.75) is 79.4 Å². The number of ether oxygens (including phenoxy) is 2. The molecule has 4 aromatic rings. The molecule has 0 aliphatic heterocycles. The maximum atomic E-state index is 14.0. The molecule has 0 heterocycles. The fourth-order valence-electron chi connectivity index (χ4n) is 5.47. The summed E-state index contributed by atoms with van der Waals surface area (Å²) in [4.78, 5) is 31.4. The van der Waals surface area contributed by atoms with Crippen LogP contribution in [0.4, 0.5) is 0 Å². The maximum Gasteiger partial charge on any atom is 0.195 e. The number of hydrogen-bond donors (Lipinski definition) is 0. The molecule has 6 heteroatoms. The summed E-state index contributed by atoms with van der Waals surface area (Å²) in [5, 5.41) is 0. The van der Waals surface area contributed by atoms with E-state index >= 15 is 0 Å². The quantitative estimate of drug-likeness (QED) is 0.105. The third-order valence-corrected chi connectivity index (χ3v) is 10.3. The highest BCUT2D eigenvalue weighted by atomic mass is 32.2. The lowest BCUT2D eigenvalue weighted by Crippen LogP contribution is -2.22. The van der Waals surface area contributed by atoms with Gasteiger partial charge in [0.2, 0.25) is 0 Å². The number of benzene rings is 4. The first-order valence-electron chi connectivity index (χ1n) is 16.2. The van der Waals surface area contributed by atoms with E-state index in [0.717, 1.165) is 68.9 Å². The van der Waals surface area contributed by atoms with Crippen molar-refractivity contribution in [3.05, 3.63) is 120 Å². The summed E-state index contributed by atoms with van der Waals surface area (Å²) in [6, 6.07) is 26.8. The predicted octanol–water partition coefficient (Wildman–Crippen LogP) is 11.3. The number of rotatable bonds is 15. The van der Waals surface area contributed by atoms with Crippen LogP contribution in [0.15, 0.2) is 117 Å². The minimum Gasteiger partial charge on any atom is -0.494 e. The SMILES string of the molecule is C=C(Oc1ccc(Sc2cccc3c2C(=O)c2cccc(Sc4ccc(OCCC(C)C)cc4)c2C3=O)cc1)C(CC)CCCC. The third kappa shape index (κ3) is 7.97. The number of carbonyl (C=O) groups is 2. The van der Waals surface area contributed by atoms with Gasteiger partial charge in [-0.15, -0.1) is 0 Å². The van der Waals surface area contributed by atoms with Crippen LogP contribution in [0, 0.1) is 11.8 Å². The van der Waals surface area contributed by atoms with Crippen LogP contribution in [0.3, 0.4) is 0 Å². The van der Waals surface area contributed by atoms with Gasteiger partial charge in [-0.05, 0) is 85.8 Å². The van der Waals surface area contributed by atoms with E-state index in [1.807, 2.05) is 72.8 Å². The monoisotopic (exact) mass is 650 g/mol. The maximum absolute atomic E-state index is 14.0. The van der Waals surface area contributed by atoms with Gasteiger partial charge in [-0.3, -0.25) is 9.59 Å². The molecule has 0 spiro atoms. The van der Waals surface area contributed by atoms with Crippen LogP contribution >= 0.6 is 23.5 Å². The molecular weight excluding hydrogens is 609 g/mol. The Kier molecular flexibility index (Phi) is 11.5. The number of hydrogen-bond acceptors (Lipinski definition) is 6. The molecule has 1 aliphatic carbocycles. The molecule has 1 atom stereocenters. The normalized spacial score (nSPS) is 12.9. The zero-order valence-electron chi connectivity index (χ0n) is 27.1. The van der Waals surface area contributed by atoms with Gasteiger partial charge in [0.1, 0.15) is 11.5 Å². The Hall–Kier alpha value is -3.74. The molecule has 238 valence electrons. The summed E-state index contributed by atoms with van der Waals surface area (Å²) in [7, 11) is 0. The van der Waals surface area contributed by atoms with Crippen LogP contribution in [0.1, 0.15) is 91.6 Å². The van der Waals surface area contributed by atoms with Gasteiger partial charge < -0.3 is 9.47 Å². The fraction of sp³-hybridized carbons (Fsp3) is 0.300.